The number of hydrogen-bond acceptors (Lipinski definition) is 4. The molecular formula is C21H24ClN3O3. The van der Waals surface area contributed by atoms with Crippen molar-refractivity contribution >= 4 is 34.5 Å². The van der Waals surface area contributed by atoms with Crippen molar-refractivity contribution in [3.05, 3.63) is 44.8 Å². The van der Waals surface area contributed by atoms with Gasteiger partial charge in [-0.05, 0) is 45.2 Å². The number of nitrogens with zero attached hydrogens (tertiary/aromatic N) is 3. The first-order valence-corrected chi connectivity index (χ1v) is 9.77. The molecule has 4 rings (SSSR count). The number of rotatable bonds is 1. The monoisotopic (exact) mass is 401 g/mol. The van der Waals surface area contributed by atoms with Gasteiger partial charge in [-0.2, -0.15) is 5.10 Å². The van der Waals surface area contributed by atoms with E-state index in [1.807, 2.05) is 26.8 Å². The molecule has 1 saturated heterocycles. The molecule has 1 saturated carbocycles. The third kappa shape index (κ3) is 3.30. The number of allylic oxidation sites excluding steroid dienone is 1. The fraction of sp³-hybridized carbons (Fsp3) is 0.476. The standard InChI is InChI=1S/C21H24ClN3O3/c1-20(2,3)28-19(27)25-11-21(12-25)8-13(9-21)7-14-5-6-16(22)17-15(14)10-23-24(4)18(17)26/h5-7,10H,8-9,11-12H2,1-4H3. The van der Waals surface area contributed by atoms with Crippen LogP contribution in [0.5, 0.6) is 0 Å². The number of benzene rings is 1. The van der Waals surface area contributed by atoms with E-state index in [0.29, 0.717) is 10.4 Å². The molecule has 1 aliphatic heterocycles. The first kappa shape index (κ1) is 19.0. The van der Waals surface area contributed by atoms with Crippen LogP contribution in [0.3, 0.4) is 0 Å². The second-order valence-electron chi connectivity index (χ2n) is 8.99. The first-order valence-electron chi connectivity index (χ1n) is 9.39. The highest BCUT2D eigenvalue weighted by Crippen LogP contribution is 2.52. The van der Waals surface area contributed by atoms with Gasteiger partial charge < -0.3 is 9.64 Å². The van der Waals surface area contributed by atoms with Gasteiger partial charge in [0.1, 0.15) is 5.60 Å². The average molecular weight is 402 g/mol. The zero-order chi connectivity index (χ0) is 20.3. The fourth-order valence-corrected chi connectivity index (χ4v) is 4.37. The number of carbonyl (C=O) groups is 1. The van der Waals surface area contributed by atoms with Crippen molar-refractivity contribution < 1.29 is 9.53 Å². The van der Waals surface area contributed by atoms with Crippen molar-refractivity contribution in [1.82, 2.24) is 14.7 Å². The van der Waals surface area contributed by atoms with Gasteiger partial charge in [0, 0.05) is 30.9 Å². The summed E-state index contributed by atoms with van der Waals surface area (Å²) in [6.45, 7) is 7.11. The van der Waals surface area contributed by atoms with Gasteiger partial charge in [0.2, 0.25) is 0 Å². The summed E-state index contributed by atoms with van der Waals surface area (Å²) in [5, 5.41) is 5.85. The minimum absolute atomic E-state index is 0.180. The van der Waals surface area contributed by atoms with E-state index in [9.17, 15) is 9.59 Å². The molecule has 1 aromatic carbocycles. The van der Waals surface area contributed by atoms with Gasteiger partial charge in [0.25, 0.3) is 5.56 Å². The minimum Gasteiger partial charge on any atom is -0.444 e. The number of carbonyl (C=O) groups excluding carboxylic acids is 1. The summed E-state index contributed by atoms with van der Waals surface area (Å²) in [7, 11) is 1.62. The Kier molecular flexibility index (Phi) is 4.30. The van der Waals surface area contributed by atoms with Gasteiger partial charge >= 0.3 is 6.09 Å². The Morgan fingerprint density at radius 2 is 1.96 bits per heavy atom. The van der Waals surface area contributed by atoms with Crippen LogP contribution in [0.15, 0.2) is 28.7 Å². The minimum atomic E-state index is -0.467. The van der Waals surface area contributed by atoms with E-state index in [0.717, 1.165) is 36.9 Å². The Balaban J connectivity index is 1.48. The van der Waals surface area contributed by atoms with Crippen LogP contribution in [0.25, 0.3) is 16.8 Å². The smallest absolute Gasteiger partial charge is 0.410 e. The van der Waals surface area contributed by atoms with Crippen molar-refractivity contribution in [3.8, 4) is 0 Å². The van der Waals surface area contributed by atoms with Crippen LogP contribution >= 0.6 is 11.6 Å². The van der Waals surface area contributed by atoms with Crippen LogP contribution in [-0.4, -0.2) is 39.5 Å². The predicted octanol–water partition coefficient (Wildman–Crippen LogP) is 4.00. The molecule has 7 heteroatoms. The number of amides is 1. The summed E-state index contributed by atoms with van der Waals surface area (Å²) in [5.41, 5.74) is 1.79. The first-order chi connectivity index (χ1) is 13.1. The maximum Gasteiger partial charge on any atom is 0.410 e. The number of fused-ring (bicyclic) bond motifs is 1. The summed E-state index contributed by atoms with van der Waals surface area (Å²) in [6.07, 6.45) is 5.49. The molecule has 0 radical (unpaired) electrons. The Morgan fingerprint density at radius 3 is 2.61 bits per heavy atom. The third-order valence-corrected chi connectivity index (χ3v) is 5.68. The maximum atomic E-state index is 12.4. The maximum absolute atomic E-state index is 12.4. The SMILES string of the molecule is Cn1ncc2c(C=C3CC4(C3)CN(C(=O)OC(C)(C)C)C4)ccc(Cl)c2c1=O. The van der Waals surface area contributed by atoms with E-state index < -0.39 is 5.60 Å². The summed E-state index contributed by atoms with van der Waals surface area (Å²) in [6, 6.07) is 3.69. The Hall–Kier alpha value is -2.34. The van der Waals surface area contributed by atoms with Crippen molar-refractivity contribution in [2.45, 2.75) is 39.2 Å². The highest BCUT2D eigenvalue weighted by molar-refractivity contribution is 6.35. The van der Waals surface area contributed by atoms with Gasteiger partial charge in [-0.25, -0.2) is 9.48 Å². The number of ether oxygens (including phenoxy) is 1. The summed E-state index contributed by atoms with van der Waals surface area (Å²) in [5.74, 6) is 0. The Bertz CT molecular complexity index is 1050. The molecule has 2 heterocycles. The normalized spacial score (nSPS) is 18.0. The highest BCUT2D eigenvalue weighted by atomic mass is 35.5. The molecule has 0 unspecified atom stereocenters. The molecule has 0 atom stereocenters. The lowest BCUT2D eigenvalue weighted by Gasteiger charge is -2.56. The molecule has 2 aliphatic rings. The topological polar surface area (TPSA) is 64.4 Å². The van der Waals surface area contributed by atoms with Crippen molar-refractivity contribution in [1.29, 1.82) is 0 Å². The van der Waals surface area contributed by atoms with E-state index in [1.165, 1.54) is 10.3 Å². The molecule has 28 heavy (non-hydrogen) atoms. The quantitative estimate of drug-likeness (QED) is 0.724. The lowest BCUT2D eigenvalue weighted by molar-refractivity contribution is -0.0498. The number of aromatic nitrogens is 2. The molecule has 6 nitrogen and oxygen atoms in total. The molecule has 2 fully saturated rings. The van der Waals surface area contributed by atoms with E-state index in [1.54, 1.807) is 24.2 Å². The molecule has 1 spiro atoms. The molecule has 0 bridgehead atoms. The Morgan fingerprint density at radius 1 is 1.29 bits per heavy atom. The predicted molar refractivity (Wildman–Crippen MR) is 109 cm³/mol. The number of aryl methyl sites for hydroxylation is 1. The van der Waals surface area contributed by atoms with Gasteiger partial charge in [0.15, 0.2) is 0 Å². The average Bonchev–Trinajstić information content (AvgIpc) is 2.51. The zero-order valence-corrected chi connectivity index (χ0v) is 17.3. The van der Waals surface area contributed by atoms with Crippen molar-refractivity contribution in [3.63, 3.8) is 0 Å². The Labute approximate surface area is 168 Å². The van der Waals surface area contributed by atoms with Gasteiger partial charge in [-0.1, -0.05) is 29.3 Å². The highest BCUT2D eigenvalue weighted by Gasteiger charge is 2.52. The lowest BCUT2D eigenvalue weighted by Crippen LogP contribution is -2.62. The summed E-state index contributed by atoms with van der Waals surface area (Å²) < 4.78 is 6.72. The van der Waals surface area contributed by atoms with Crippen molar-refractivity contribution in [2.75, 3.05) is 13.1 Å². The molecule has 2 aromatic rings. The lowest BCUT2D eigenvalue weighted by atomic mass is 9.60. The molecule has 1 aliphatic carbocycles. The zero-order valence-electron chi connectivity index (χ0n) is 16.6. The van der Waals surface area contributed by atoms with Crippen LogP contribution in [-0.2, 0) is 11.8 Å². The van der Waals surface area contributed by atoms with Gasteiger partial charge in [-0.3, -0.25) is 4.79 Å². The number of halogens is 1. The van der Waals surface area contributed by atoms with Crippen LogP contribution in [0, 0.1) is 5.41 Å². The molecule has 1 amide bonds. The summed E-state index contributed by atoms with van der Waals surface area (Å²) in [4.78, 5) is 26.3. The second-order valence-corrected chi connectivity index (χ2v) is 9.40. The third-order valence-electron chi connectivity index (χ3n) is 5.36. The molecule has 1 aromatic heterocycles. The van der Waals surface area contributed by atoms with Crippen LogP contribution in [0.4, 0.5) is 4.79 Å². The van der Waals surface area contributed by atoms with Crippen molar-refractivity contribution in [2.24, 2.45) is 12.5 Å². The molecule has 0 N–H and O–H groups in total. The summed E-state index contributed by atoms with van der Waals surface area (Å²) >= 11 is 6.25. The van der Waals surface area contributed by atoms with E-state index in [-0.39, 0.29) is 17.1 Å². The number of likely N-dealkylation sites (tertiary alicyclic amines) is 1. The number of hydrogen-bond donors (Lipinski definition) is 0. The van der Waals surface area contributed by atoms with Crippen LogP contribution in [0.1, 0.15) is 39.2 Å². The van der Waals surface area contributed by atoms with Gasteiger partial charge in [0.05, 0.1) is 16.6 Å². The molecule has 148 valence electrons. The van der Waals surface area contributed by atoms with E-state index >= 15 is 0 Å². The molecular weight excluding hydrogens is 378 g/mol. The fourth-order valence-electron chi connectivity index (χ4n) is 4.13. The second kappa shape index (κ2) is 6.34. The largest absolute Gasteiger partial charge is 0.444 e. The van der Waals surface area contributed by atoms with Crippen LogP contribution in [0.2, 0.25) is 5.02 Å². The van der Waals surface area contributed by atoms with Crippen LogP contribution < -0.4 is 5.56 Å². The van der Waals surface area contributed by atoms with E-state index in [4.69, 9.17) is 16.3 Å². The van der Waals surface area contributed by atoms with Gasteiger partial charge in [-0.15, -0.1) is 0 Å². The van der Waals surface area contributed by atoms with E-state index in [2.05, 4.69) is 11.2 Å².